The van der Waals surface area contributed by atoms with Crippen LogP contribution in [0.4, 0.5) is 0 Å². The number of hydrogen-bond acceptors (Lipinski definition) is 2. The van der Waals surface area contributed by atoms with Crippen molar-refractivity contribution in [3.8, 4) is 11.3 Å². The van der Waals surface area contributed by atoms with Crippen molar-refractivity contribution in [1.82, 2.24) is 4.98 Å². The smallest absolute Gasteiger partial charge is 0.280 e. The van der Waals surface area contributed by atoms with E-state index < -0.39 is 5.91 Å². The van der Waals surface area contributed by atoms with Gasteiger partial charge in [-0.15, -0.1) is 12.4 Å². The fourth-order valence-electron chi connectivity index (χ4n) is 2.40. The van der Waals surface area contributed by atoms with Crippen molar-refractivity contribution in [3.05, 3.63) is 65.7 Å². The lowest BCUT2D eigenvalue weighted by Gasteiger charge is -2.08. The lowest BCUT2D eigenvalue weighted by molar-refractivity contribution is 0.100. The van der Waals surface area contributed by atoms with Crippen LogP contribution in [0.25, 0.3) is 22.2 Å². The normalized spacial score (nSPS) is 10.0. The average molecular weight is 341 g/mol. The SMILES string of the molecule is Cc1ccc(-c2cc(C(=O)N=C(N)N)c3ccccc3n2)cc1.Cl. The average Bonchev–Trinajstić information content (AvgIpc) is 2.54. The number of nitrogens with two attached hydrogens (primary N) is 2. The number of aryl methyl sites for hydroxylation is 1. The summed E-state index contributed by atoms with van der Waals surface area (Å²) in [5.41, 5.74) is 14.6. The molecule has 0 fully saturated rings. The van der Waals surface area contributed by atoms with E-state index in [9.17, 15) is 4.79 Å². The minimum absolute atomic E-state index is 0. The number of benzene rings is 2. The van der Waals surface area contributed by atoms with E-state index in [1.807, 2.05) is 55.5 Å². The number of hydrogen-bond donors (Lipinski definition) is 2. The van der Waals surface area contributed by atoms with E-state index in [0.717, 1.165) is 22.0 Å². The molecule has 0 saturated carbocycles. The first kappa shape index (κ1) is 17.4. The number of carbonyl (C=O) groups is 1. The summed E-state index contributed by atoms with van der Waals surface area (Å²) in [6.45, 7) is 2.02. The van der Waals surface area contributed by atoms with Gasteiger partial charge in [0.1, 0.15) is 0 Å². The number of pyridine rings is 1. The Morgan fingerprint density at radius 3 is 2.38 bits per heavy atom. The second kappa shape index (κ2) is 7.10. The molecule has 4 N–H and O–H groups in total. The Balaban J connectivity index is 0.00000208. The summed E-state index contributed by atoms with van der Waals surface area (Å²) in [5, 5.41) is 0.721. The van der Waals surface area contributed by atoms with E-state index in [4.69, 9.17) is 11.5 Å². The van der Waals surface area contributed by atoms with Gasteiger partial charge in [0, 0.05) is 10.9 Å². The molecule has 0 spiro atoms. The molecule has 1 aromatic heterocycles. The number of fused-ring (bicyclic) bond motifs is 1. The molecule has 0 atom stereocenters. The maximum absolute atomic E-state index is 12.3. The van der Waals surface area contributed by atoms with Crippen molar-refractivity contribution in [2.45, 2.75) is 6.92 Å². The molecule has 6 heteroatoms. The number of aliphatic imine (C=N–C) groups is 1. The molecule has 0 unspecified atom stereocenters. The highest BCUT2D eigenvalue weighted by Gasteiger charge is 2.13. The number of aromatic nitrogens is 1. The highest BCUT2D eigenvalue weighted by atomic mass is 35.5. The van der Waals surface area contributed by atoms with Gasteiger partial charge >= 0.3 is 0 Å². The van der Waals surface area contributed by atoms with Crippen LogP contribution >= 0.6 is 12.4 Å². The molecule has 2 aromatic carbocycles. The number of rotatable bonds is 2. The first-order valence-corrected chi connectivity index (χ1v) is 7.15. The summed E-state index contributed by atoms with van der Waals surface area (Å²) in [4.78, 5) is 20.6. The number of guanidine groups is 1. The van der Waals surface area contributed by atoms with Gasteiger partial charge in [0.2, 0.25) is 0 Å². The molecular weight excluding hydrogens is 324 g/mol. The van der Waals surface area contributed by atoms with E-state index >= 15 is 0 Å². The van der Waals surface area contributed by atoms with Gasteiger partial charge in [0.05, 0.1) is 16.8 Å². The van der Waals surface area contributed by atoms with Crippen molar-refractivity contribution in [2.75, 3.05) is 0 Å². The molecule has 0 bridgehead atoms. The van der Waals surface area contributed by atoms with E-state index in [-0.39, 0.29) is 18.4 Å². The van der Waals surface area contributed by atoms with Crippen LogP contribution in [-0.2, 0) is 0 Å². The molecule has 3 rings (SSSR count). The summed E-state index contributed by atoms with van der Waals surface area (Å²) in [7, 11) is 0. The topological polar surface area (TPSA) is 94.4 Å². The Kier molecular flexibility index (Phi) is 5.16. The molecule has 1 amide bonds. The largest absolute Gasteiger partial charge is 0.370 e. The van der Waals surface area contributed by atoms with Gasteiger partial charge in [-0.05, 0) is 19.1 Å². The zero-order chi connectivity index (χ0) is 16.4. The van der Waals surface area contributed by atoms with Gasteiger partial charge in [0.25, 0.3) is 5.91 Å². The van der Waals surface area contributed by atoms with Crippen molar-refractivity contribution in [3.63, 3.8) is 0 Å². The summed E-state index contributed by atoms with van der Waals surface area (Å²) >= 11 is 0. The molecule has 3 aromatic rings. The molecule has 5 nitrogen and oxygen atoms in total. The zero-order valence-corrected chi connectivity index (χ0v) is 13.9. The third-order valence-electron chi connectivity index (χ3n) is 3.52. The molecule has 122 valence electrons. The van der Waals surface area contributed by atoms with E-state index in [1.54, 1.807) is 6.07 Å². The Morgan fingerprint density at radius 2 is 1.71 bits per heavy atom. The second-order valence-corrected chi connectivity index (χ2v) is 5.28. The number of para-hydroxylation sites is 1. The maximum Gasteiger partial charge on any atom is 0.280 e. The number of nitrogens with zero attached hydrogens (tertiary/aromatic N) is 2. The van der Waals surface area contributed by atoms with Crippen LogP contribution in [0, 0.1) is 6.92 Å². The highest BCUT2D eigenvalue weighted by molar-refractivity contribution is 6.10. The Labute approximate surface area is 145 Å². The van der Waals surface area contributed by atoms with Crippen LogP contribution in [0.15, 0.2) is 59.6 Å². The van der Waals surface area contributed by atoms with E-state index in [2.05, 4.69) is 9.98 Å². The highest BCUT2D eigenvalue weighted by Crippen LogP contribution is 2.25. The molecule has 24 heavy (non-hydrogen) atoms. The summed E-state index contributed by atoms with van der Waals surface area (Å²) in [6.07, 6.45) is 0. The van der Waals surface area contributed by atoms with Crippen molar-refractivity contribution in [2.24, 2.45) is 16.5 Å². The van der Waals surface area contributed by atoms with Crippen LogP contribution in [-0.4, -0.2) is 16.9 Å². The minimum Gasteiger partial charge on any atom is -0.370 e. The molecular formula is C18H17ClN4O. The van der Waals surface area contributed by atoms with Gasteiger partial charge in [0.15, 0.2) is 5.96 Å². The molecule has 0 radical (unpaired) electrons. The lowest BCUT2D eigenvalue weighted by atomic mass is 10.0. The van der Waals surface area contributed by atoms with Gasteiger partial charge in [-0.3, -0.25) is 4.79 Å². The van der Waals surface area contributed by atoms with Gasteiger partial charge < -0.3 is 11.5 Å². The standard InChI is InChI=1S/C18H16N4O.ClH/c1-11-6-8-12(9-7-11)16-10-14(17(23)22-18(19)20)13-4-2-3-5-15(13)21-16;/h2-10H,1H3,(H4,19,20,22,23);1H. The van der Waals surface area contributed by atoms with Crippen molar-refractivity contribution >= 4 is 35.2 Å². The Bertz CT molecular complexity index is 916. The second-order valence-electron chi connectivity index (χ2n) is 5.28. The zero-order valence-electron chi connectivity index (χ0n) is 13.1. The number of halogens is 1. The summed E-state index contributed by atoms with van der Waals surface area (Å²) < 4.78 is 0. The summed E-state index contributed by atoms with van der Waals surface area (Å²) in [5.74, 6) is -0.732. The lowest BCUT2D eigenvalue weighted by Crippen LogP contribution is -2.24. The predicted molar refractivity (Wildman–Crippen MR) is 99.3 cm³/mol. The molecule has 0 aliphatic heterocycles. The third-order valence-corrected chi connectivity index (χ3v) is 3.52. The maximum atomic E-state index is 12.3. The van der Waals surface area contributed by atoms with Crippen LogP contribution < -0.4 is 11.5 Å². The van der Waals surface area contributed by atoms with Gasteiger partial charge in [-0.2, -0.15) is 4.99 Å². The van der Waals surface area contributed by atoms with Crippen molar-refractivity contribution in [1.29, 1.82) is 0 Å². The van der Waals surface area contributed by atoms with E-state index in [0.29, 0.717) is 11.3 Å². The quantitative estimate of drug-likeness (QED) is 0.553. The van der Waals surface area contributed by atoms with Crippen LogP contribution in [0.3, 0.4) is 0 Å². The third kappa shape index (κ3) is 3.52. The first-order valence-electron chi connectivity index (χ1n) is 7.15. The fourth-order valence-corrected chi connectivity index (χ4v) is 2.40. The Hall–Kier alpha value is -2.92. The van der Waals surface area contributed by atoms with Crippen LogP contribution in [0.1, 0.15) is 15.9 Å². The first-order chi connectivity index (χ1) is 11.0. The van der Waals surface area contributed by atoms with Gasteiger partial charge in [-0.25, -0.2) is 4.98 Å². The molecule has 0 aliphatic rings. The van der Waals surface area contributed by atoms with E-state index in [1.165, 1.54) is 0 Å². The summed E-state index contributed by atoms with van der Waals surface area (Å²) in [6, 6.07) is 17.1. The molecule has 0 aliphatic carbocycles. The monoisotopic (exact) mass is 340 g/mol. The molecule has 1 heterocycles. The number of carbonyl (C=O) groups excluding carboxylic acids is 1. The van der Waals surface area contributed by atoms with Crippen LogP contribution in [0.2, 0.25) is 0 Å². The minimum atomic E-state index is -0.475. The predicted octanol–water partition coefficient (Wildman–Crippen LogP) is 3.05. The Morgan fingerprint density at radius 1 is 1.04 bits per heavy atom. The van der Waals surface area contributed by atoms with Crippen molar-refractivity contribution < 1.29 is 4.79 Å². The van der Waals surface area contributed by atoms with Crippen LogP contribution in [0.5, 0.6) is 0 Å². The van der Waals surface area contributed by atoms with Gasteiger partial charge in [-0.1, -0.05) is 48.0 Å². The molecule has 0 saturated heterocycles. The number of amides is 1. The fraction of sp³-hybridized carbons (Fsp3) is 0.0556.